The summed E-state index contributed by atoms with van der Waals surface area (Å²) in [6.07, 6.45) is 2.37. The van der Waals surface area contributed by atoms with Crippen molar-refractivity contribution in [2.45, 2.75) is 37.0 Å². The van der Waals surface area contributed by atoms with E-state index in [0.29, 0.717) is 36.9 Å². The van der Waals surface area contributed by atoms with Crippen molar-refractivity contribution >= 4 is 15.9 Å². The van der Waals surface area contributed by atoms with Crippen LogP contribution < -0.4 is 5.32 Å². The summed E-state index contributed by atoms with van der Waals surface area (Å²) >= 11 is 0. The Hall–Kier alpha value is -2.18. The molecule has 3 rings (SSSR count). The van der Waals surface area contributed by atoms with E-state index < -0.39 is 10.0 Å². The minimum absolute atomic E-state index is 0.0619. The predicted molar refractivity (Wildman–Crippen MR) is 106 cm³/mol. The molecule has 1 fully saturated rings. The molecule has 1 heterocycles. The molecular weight excluding hydrogens is 360 g/mol. The zero-order chi connectivity index (χ0) is 19.3. The Morgan fingerprint density at radius 2 is 1.67 bits per heavy atom. The van der Waals surface area contributed by atoms with Crippen LogP contribution in [0.1, 0.15) is 36.8 Å². The van der Waals surface area contributed by atoms with Crippen molar-refractivity contribution in [3.8, 4) is 0 Å². The summed E-state index contributed by atoms with van der Waals surface area (Å²) in [6.45, 7) is 3.13. The van der Waals surface area contributed by atoms with Gasteiger partial charge in [0, 0.05) is 26.6 Å². The van der Waals surface area contributed by atoms with Crippen molar-refractivity contribution < 1.29 is 13.2 Å². The number of nitrogens with one attached hydrogen (secondary N) is 1. The van der Waals surface area contributed by atoms with Crippen molar-refractivity contribution in [2.24, 2.45) is 0 Å². The summed E-state index contributed by atoms with van der Waals surface area (Å²) in [5, 5.41) is 2.74. The minimum atomic E-state index is -3.45. The van der Waals surface area contributed by atoms with Gasteiger partial charge < -0.3 is 5.32 Å². The molecule has 0 aromatic heterocycles. The molecule has 0 aliphatic carbocycles. The second-order valence-electron chi connectivity index (χ2n) is 6.97. The third-order valence-corrected chi connectivity index (χ3v) is 6.99. The molecule has 144 valence electrons. The Balaban J connectivity index is 1.60. The lowest BCUT2D eigenvalue weighted by Crippen LogP contribution is -2.37. The fraction of sp³-hybridized carbons (Fsp3) is 0.381. The lowest BCUT2D eigenvalue weighted by molar-refractivity contribution is -0.118. The van der Waals surface area contributed by atoms with E-state index in [4.69, 9.17) is 0 Å². The maximum absolute atomic E-state index is 12.9. The maximum atomic E-state index is 12.9. The van der Waals surface area contributed by atoms with Crippen LogP contribution in [-0.4, -0.2) is 38.3 Å². The number of carbonyl (C=O) groups excluding carboxylic acids is 1. The quantitative estimate of drug-likeness (QED) is 0.830. The van der Waals surface area contributed by atoms with Crippen LogP contribution in [-0.2, 0) is 21.2 Å². The van der Waals surface area contributed by atoms with Crippen LogP contribution in [0.25, 0.3) is 0 Å². The zero-order valence-electron chi connectivity index (χ0n) is 15.6. The first kappa shape index (κ1) is 19.6. The molecule has 0 bridgehead atoms. The van der Waals surface area contributed by atoms with E-state index >= 15 is 0 Å². The summed E-state index contributed by atoms with van der Waals surface area (Å²) in [6, 6.07) is 17.3. The van der Waals surface area contributed by atoms with Crippen molar-refractivity contribution in [3.05, 3.63) is 65.7 Å². The number of carbonyl (C=O) groups is 1. The molecule has 1 saturated heterocycles. The molecule has 27 heavy (non-hydrogen) atoms. The van der Waals surface area contributed by atoms with Crippen LogP contribution in [0.15, 0.2) is 59.5 Å². The summed E-state index contributed by atoms with van der Waals surface area (Å²) in [5.41, 5.74) is 2.29. The molecule has 0 radical (unpaired) electrons. The fourth-order valence-electron chi connectivity index (χ4n) is 3.51. The number of piperidine rings is 1. The smallest absolute Gasteiger partial charge is 0.243 e. The van der Waals surface area contributed by atoms with Crippen molar-refractivity contribution in [3.63, 3.8) is 0 Å². The largest absolute Gasteiger partial charge is 0.356 e. The number of hydrogen-bond donors (Lipinski definition) is 1. The standard InChI is InChI=1S/C21H26N2O3S/c1-17(24)22-14-11-18-7-9-21(10-8-18)27(25,26)23-15-12-20(13-16-23)19-5-3-2-4-6-19/h2-10,20H,11-16H2,1H3,(H,22,24). The summed E-state index contributed by atoms with van der Waals surface area (Å²) in [4.78, 5) is 11.2. The molecule has 0 saturated carbocycles. The van der Waals surface area contributed by atoms with E-state index in [-0.39, 0.29) is 5.91 Å². The van der Waals surface area contributed by atoms with Crippen molar-refractivity contribution in [1.82, 2.24) is 9.62 Å². The number of nitrogens with zero attached hydrogens (tertiary/aromatic N) is 1. The molecule has 5 nitrogen and oxygen atoms in total. The van der Waals surface area contributed by atoms with Gasteiger partial charge in [-0.3, -0.25) is 4.79 Å². The van der Waals surface area contributed by atoms with Crippen LogP contribution in [0.5, 0.6) is 0 Å². The summed E-state index contributed by atoms with van der Waals surface area (Å²) in [5.74, 6) is 0.363. The Labute approximate surface area is 161 Å². The molecule has 1 aliphatic rings. The van der Waals surface area contributed by atoms with E-state index in [2.05, 4.69) is 17.4 Å². The lowest BCUT2D eigenvalue weighted by atomic mass is 9.90. The monoisotopic (exact) mass is 386 g/mol. The van der Waals surface area contributed by atoms with Gasteiger partial charge in [0.2, 0.25) is 15.9 Å². The topological polar surface area (TPSA) is 66.5 Å². The highest BCUT2D eigenvalue weighted by molar-refractivity contribution is 7.89. The first-order valence-corrected chi connectivity index (χ1v) is 10.8. The number of rotatable bonds is 6. The average Bonchev–Trinajstić information content (AvgIpc) is 2.69. The van der Waals surface area contributed by atoms with Gasteiger partial charge in [-0.25, -0.2) is 8.42 Å². The maximum Gasteiger partial charge on any atom is 0.243 e. The predicted octanol–water partition coefficient (Wildman–Crippen LogP) is 2.93. The number of hydrogen-bond acceptors (Lipinski definition) is 3. The Morgan fingerprint density at radius 1 is 1.04 bits per heavy atom. The van der Waals surface area contributed by atoms with Crippen LogP contribution in [0.3, 0.4) is 0 Å². The molecule has 1 amide bonds. The first-order valence-electron chi connectivity index (χ1n) is 9.35. The Bertz CT molecular complexity index is 856. The lowest BCUT2D eigenvalue weighted by Gasteiger charge is -2.31. The van der Waals surface area contributed by atoms with Gasteiger partial charge in [0.25, 0.3) is 0 Å². The minimum Gasteiger partial charge on any atom is -0.356 e. The Kier molecular flexibility index (Phi) is 6.29. The molecule has 6 heteroatoms. The van der Waals surface area contributed by atoms with E-state index in [1.54, 1.807) is 16.4 Å². The molecule has 2 aromatic rings. The number of amides is 1. The van der Waals surface area contributed by atoms with Crippen molar-refractivity contribution in [2.75, 3.05) is 19.6 Å². The van der Waals surface area contributed by atoms with E-state index in [9.17, 15) is 13.2 Å². The van der Waals surface area contributed by atoms with Crippen LogP contribution in [0.2, 0.25) is 0 Å². The third-order valence-electron chi connectivity index (χ3n) is 5.07. The van der Waals surface area contributed by atoms with Crippen LogP contribution >= 0.6 is 0 Å². The van der Waals surface area contributed by atoms with Crippen molar-refractivity contribution in [1.29, 1.82) is 0 Å². The molecule has 0 atom stereocenters. The highest BCUT2D eigenvalue weighted by Crippen LogP contribution is 2.30. The SMILES string of the molecule is CC(=O)NCCc1ccc(S(=O)(=O)N2CCC(c3ccccc3)CC2)cc1. The van der Waals surface area contributed by atoms with Crippen LogP contribution in [0, 0.1) is 0 Å². The molecular formula is C21H26N2O3S. The fourth-order valence-corrected chi connectivity index (χ4v) is 4.98. The summed E-state index contributed by atoms with van der Waals surface area (Å²) < 4.78 is 27.4. The molecule has 0 spiro atoms. The molecule has 0 unspecified atom stereocenters. The van der Waals surface area contributed by atoms with Gasteiger partial charge in [-0.2, -0.15) is 4.31 Å². The van der Waals surface area contributed by atoms with Gasteiger partial charge in [0.05, 0.1) is 4.90 Å². The van der Waals surface area contributed by atoms with Gasteiger partial charge in [0.1, 0.15) is 0 Å². The molecule has 1 aliphatic heterocycles. The normalized spacial score (nSPS) is 16.2. The van der Waals surface area contributed by atoms with E-state index in [1.807, 2.05) is 30.3 Å². The third kappa shape index (κ3) is 4.96. The highest BCUT2D eigenvalue weighted by atomic mass is 32.2. The highest BCUT2D eigenvalue weighted by Gasteiger charge is 2.29. The first-order chi connectivity index (χ1) is 13.0. The number of benzene rings is 2. The molecule has 2 aromatic carbocycles. The Morgan fingerprint density at radius 3 is 2.26 bits per heavy atom. The second kappa shape index (κ2) is 8.67. The number of sulfonamides is 1. The van der Waals surface area contributed by atoms with E-state index in [0.717, 1.165) is 18.4 Å². The molecule has 1 N–H and O–H groups in total. The van der Waals surface area contributed by atoms with Crippen LogP contribution in [0.4, 0.5) is 0 Å². The van der Waals surface area contributed by atoms with Gasteiger partial charge in [-0.15, -0.1) is 0 Å². The second-order valence-corrected chi connectivity index (χ2v) is 8.90. The van der Waals surface area contributed by atoms with Gasteiger partial charge in [-0.1, -0.05) is 42.5 Å². The summed E-state index contributed by atoms with van der Waals surface area (Å²) in [7, 11) is -3.45. The van der Waals surface area contributed by atoms with Gasteiger partial charge in [0.15, 0.2) is 0 Å². The van der Waals surface area contributed by atoms with E-state index in [1.165, 1.54) is 12.5 Å². The average molecular weight is 387 g/mol. The van der Waals surface area contributed by atoms with Gasteiger partial charge >= 0.3 is 0 Å². The zero-order valence-corrected chi connectivity index (χ0v) is 16.4. The van der Waals surface area contributed by atoms with Gasteiger partial charge in [-0.05, 0) is 48.4 Å².